The minimum Gasteiger partial charge on any atom is -0.340 e. The molecule has 2 saturated heterocycles. The highest BCUT2D eigenvalue weighted by Gasteiger charge is 2.73. The summed E-state index contributed by atoms with van der Waals surface area (Å²) in [7, 11) is 0. The molecule has 2 N–H and O–H groups in total. The molecule has 4 amide bonds. The van der Waals surface area contributed by atoms with E-state index in [9.17, 15) is 19.2 Å². The first-order valence-electron chi connectivity index (χ1n) is 18.6. The Kier molecular flexibility index (Phi) is 10.1. The van der Waals surface area contributed by atoms with E-state index in [0.29, 0.717) is 24.5 Å². The average Bonchev–Trinajstić information content (AvgIpc) is 4.15. The second kappa shape index (κ2) is 15.4. The number of ether oxygens (including phenoxy) is 2. The highest BCUT2D eigenvalue weighted by molar-refractivity contribution is 14.1. The van der Waals surface area contributed by atoms with Gasteiger partial charge in [0, 0.05) is 29.6 Å². The van der Waals surface area contributed by atoms with Crippen molar-refractivity contribution in [1.82, 2.24) is 0 Å². The third-order valence-electron chi connectivity index (χ3n) is 10.6. The van der Waals surface area contributed by atoms with E-state index in [1.165, 1.54) is 0 Å². The number of para-hydroxylation sites is 2. The molecule has 4 atom stereocenters. The fraction of sp³-hybridized carbons (Fsp3) is 0.130. The monoisotopic (exact) mass is 992 g/mol. The highest BCUT2D eigenvalue weighted by Crippen LogP contribution is 2.58. The molecule has 0 bridgehead atoms. The van der Waals surface area contributed by atoms with E-state index >= 15 is 0 Å². The second-order valence-corrected chi connectivity index (χ2v) is 16.7. The van der Waals surface area contributed by atoms with Crippen LogP contribution in [-0.2, 0) is 52.9 Å². The molecule has 0 radical (unpaired) electrons. The van der Waals surface area contributed by atoms with Crippen molar-refractivity contribution in [3.05, 3.63) is 187 Å². The molecule has 58 heavy (non-hydrogen) atoms. The van der Waals surface area contributed by atoms with E-state index in [1.54, 1.807) is 9.80 Å². The van der Waals surface area contributed by atoms with Crippen molar-refractivity contribution in [2.24, 2.45) is 0 Å². The number of rotatable bonds is 8. The Labute approximate surface area is 361 Å². The van der Waals surface area contributed by atoms with E-state index < -0.39 is 23.4 Å². The van der Waals surface area contributed by atoms with Crippen LogP contribution < -0.4 is 20.4 Å². The summed E-state index contributed by atoms with van der Waals surface area (Å²) in [5.41, 5.74) is 4.06. The van der Waals surface area contributed by atoms with Crippen LogP contribution in [0.1, 0.15) is 22.3 Å². The summed E-state index contributed by atoms with van der Waals surface area (Å²) in [5, 5.41) is 5.70. The van der Waals surface area contributed by atoms with Crippen molar-refractivity contribution >= 4 is 91.6 Å². The fourth-order valence-corrected chi connectivity index (χ4v) is 8.73. The normalized spacial score (nSPS) is 21.9. The summed E-state index contributed by atoms with van der Waals surface area (Å²) in [6.07, 6.45) is -1.68. The van der Waals surface area contributed by atoms with Crippen molar-refractivity contribution in [2.45, 2.75) is 36.5 Å². The Morgan fingerprint density at radius 3 is 1.22 bits per heavy atom. The summed E-state index contributed by atoms with van der Waals surface area (Å²) < 4.78 is 13.7. The van der Waals surface area contributed by atoms with Crippen LogP contribution >= 0.6 is 45.2 Å². The molecule has 4 aliphatic heterocycles. The summed E-state index contributed by atoms with van der Waals surface area (Å²) in [5.74, 6) is -0.995. The Balaban J connectivity index is 0.000000150. The lowest BCUT2D eigenvalue weighted by Crippen LogP contribution is -2.36. The fourth-order valence-electron chi connectivity index (χ4n) is 7.75. The van der Waals surface area contributed by atoms with Gasteiger partial charge in [-0.1, -0.05) is 97.1 Å². The minimum atomic E-state index is -1.23. The summed E-state index contributed by atoms with van der Waals surface area (Å²) in [4.78, 5) is 56.0. The van der Waals surface area contributed by atoms with Crippen LogP contribution in [0, 0.1) is 7.14 Å². The SMILES string of the molecule is O=C(Nc1ccccc1)[C@H]1O[C@]12C(=O)N(Cc1ccccc1)c1ccc(I)cc12.O=C(Nc1ccccc1)[C@H]1O[C@]12C(=O)N(Cc1ccccc1)c1ccc(I)cc12. The van der Waals surface area contributed by atoms with Crippen LogP contribution in [0.4, 0.5) is 22.7 Å². The van der Waals surface area contributed by atoms with Gasteiger partial charge in [-0.15, -0.1) is 0 Å². The van der Waals surface area contributed by atoms with Gasteiger partial charge in [0.05, 0.1) is 24.5 Å². The van der Waals surface area contributed by atoms with E-state index in [1.807, 2.05) is 158 Å². The first-order valence-corrected chi connectivity index (χ1v) is 20.7. The Morgan fingerprint density at radius 2 is 0.862 bits per heavy atom. The number of fused-ring (bicyclic) bond motifs is 4. The number of anilines is 4. The molecule has 288 valence electrons. The van der Waals surface area contributed by atoms with Crippen LogP contribution in [0.15, 0.2) is 158 Å². The average molecular weight is 993 g/mol. The summed E-state index contributed by atoms with van der Waals surface area (Å²) in [6.45, 7) is 0.872. The molecular weight excluding hydrogens is 958 g/mol. The van der Waals surface area contributed by atoms with Gasteiger partial charge in [0.1, 0.15) is 0 Å². The molecule has 6 aromatic carbocycles. The molecule has 0 saturated carbocycles. The van der Waals surface area contributed by atoms with Crippen molar-refractivity contribution in [2.75, 3.05) is 20.4 Å². The topological polar surface area (TPSA) is 124 Å². The maximum absolute atomic E-state index is 13.4. The quantitative estimate of drug-likeness (QED) is 0.117. The van der Waals surface area contributed by atoms with Gasteiger partial charge in [0.2, 0.25) is 11.2 Å². The molecule has 0 unspecified atom stereocenters. The lowest BCUT2D eigenvalue weighted by atomic mass is 9.96. The molecule has 4 aliphatic rings. The van der Waals surface area contributed by atoms with E-state index in [4.69, 9.17) is 9.47 Å². The molecule has 12 heteroatoms. The predicted molar refractivity (Wildman–Crippen MR) is 237 cm³/mol. The Hall–Kier alpha value is -5.42. The Morgan fingerprint density at radius 1 is 0.517 bits per heavy atom. The predicted octanol–water partition coefficient (Wildman–Crippen LogP) is 8.14. The standard InChI is InChI=1S/2C23H17IN2O3/c2*24-16-11-12-19-18(13-16)23(22(28)26(19)14-15-7-3-1-4-8-15)20(29-23)21(27)25-17-9-5-2-6-10-17/h2*1-13,20H,14H2,(H,25,27)/t2*20-,23+/m11/s1. The van der Waals surface area contributed by atoms with Gasteiger partial charge in [-0.3, -0.25) is 19.2 Å². The maximum atomic E-state index is 13.4. The number of nitrogens with one attached hydrogen (secondary N) is 2. The number of amides is 4. The zero-order valence-electron chi connectivity index (χ0n) is 30.7. The lowest BCUT2D eigenvalue weighted by Gasteiger charge is -2.17. The number of carbonyl (C=O) groups excluding carboxylic acids is 4. The highest BCUT2D eigenvalue weighted by atomic mass is 127. The van der Waals surface area contributed by atoms with Crippen molar-refractivity contribution < 1.29 is 28.7 Å². The zero-order valence-corrected chi connectivity index (χ0v) is 35.0. The number of hydrogen-bond donors (Lipinski definition) is 2. The number of halogens is 2. The smallest absolute Gasteiger partial charge is 0.267 e. The van der Waals surface area contributed by atoms with Crippen LogP contribution in [0.5, 0.6) is 0 Å². The van der Waals surface area contributed by atoms with Gasteiger partial charge < -0.3 is 29.9 Å². The molecule has 0 aromatic heterocycles. The third-order valence-corrected chi connectivity index (χ3v) is 11.9. The number of epoxide rings is 2. The van der Waals surface area contributed by atoms with Crippen LogP contribution in [-0.4, -0.2) is 35.8 Å². The van der Waals surface area contributed by atoms with Crippen LogP contribution in [0.3, 0.4) is 0 Å². The van der Waals surface area contributed by atoms with Gasteiger partial charge in [-0.2, -0.15) is 0 Å². The molecule has 0 aliphatic carbocycles. The number of nitrogens with zero attached hydrogens (tertiary/aromatic N) is 2. The maximum Gasteiger partial charge on any atom is 0.267 e. The van der Waals surface area contributed by atoms with E-state index in [2.05, 4.69) is 55.8 Å². The molecule has 6 aromatic rings. The van der Waals surface area contributed by atoms with Crippen LogP contribution in [0.2, 0.25) is 0 Å². The van der Waals surface area contributed by atoms with E-state index in [0.717, 1.165) is 40.8 Å². The summed E-state index contributed by atoms with van der Waals surface area (Å²) >= 11 is 4.43. The van der Waals surface area contributed by atoms with Crippen molar-refractivity contribution in [1.29, 1.82) is 0 Å². The molecule has 4 heterocycles. The summed E-state index contributed by atoms with van der Waals surface area (Å²) in [6, 6.07) is 49.7. The van der Waals surface area contributed by atoms with Gasteiger partial charge in [-0.05, 0) is 117 Å². The Bertz CT molecular complexity index is 2390. The van der Waals surface area contributed by atoms with Crippen LogP contribution in [0.25, 0.3) is 0 Å². The first kappa shape index (κ1) is 38.1. The van der Waals surface area contributed by atoms with E-state index in [-0.39, 0.29) is 23.6 Å². The second-order valence-electron chi connectivity index (χ2n) is 14.3. The minimum absolute atomic E-state index is 0.188. The van der Waals surface area contributed by atoms with Crippen molar-refractivity contribution in [3.63, 3.8) is 0 Å². The molecule has 10 rings (SSSR count). The van der Waals surface area contributed by atoms with Crippen molar-refractivity contribution in [3.8, 4) is 0 Å². The molecular formula is C46H34I2N4O6. The van der Waals surface area contributed by atoms with Gasteiger partial charge in [0.15, 0.2) is 12.2 Å². The molecule has 2 fully saturated rings. The van der Waals surface area contributed by atoms with Gasteiger partial charge in [-0.25, -0.2) is 0 Å². The first-order chi connectivity index (χ1) is 28.2. The number of carbonyl (C=O) groups is 4. The number of benzene rings is 6. The largest absolute Gasteiger partial charge is 0.340 e. The lowest BCUT2D eigenvalue weighted by molar-refractivity contribution is -0.124. The zero-order chi connectivity index (χ0) is 40.0. The van der Waals surface area contributed by atoms with Gasteiger partial charge >= 0.3 is 0 Å². The molecule has 10 nitrogen and oxygen atoms in total. The molecule has 2 spiro atoms. The van der Waals surface area contributed by atoms with Gasteiger partial charge in [0.25, 0.3) is 23.6 Å². The third kappa shape index (κ3) is 6.86. The number of hydrogen-bond acceptors (Lipinski definition) is 6.